The summed E-state index contributed by atoms with van der Waals surface area (Å²) < 4.78 is 0. The van der Waals surface area contributed by atoms with Gasteiger partial charge in [-0.25, -0.2) is 0 Å². The van der Waals surface area contributed by atoms with Crippen LogP contribution in [0.2, 0.25) is 0 Å². The molecule has 1 heterocycles. The normalized spacial score (nSPS) is 17.2. The summed E-state index contributed by atoms with van der Waals surface area (Å²) in [7, 11) is 1.81. The minimum Gasteiger partial charge on any atom is -0.354 e. The van der Waals surface area contributed by atoms with Gasteiger partial charge in [-0.05, 0) is 18.8 Å². The molecule has 0 bridgehead atoms. The van der Waals surface area contributed by atoms with Crippen molar-refractivity contribution < 1.29 is 4.79 Å². The first-order chi connectivity index (χ1) is 9.34. The summed E-state index contributed by atoms with van der Waals surface area (Å²) in [5.41, 5.74) is -0.329. The Hall–Kier alpha value is -0.530. The van der Waals surface area contributed by atoms with E-state index in [9.17, 15) is 4.79 Å². The van der Waals surface area contributed by atoms with Crippen LogP contribution in [0.3, 0.4) is 0 Å². The number of rotatable bonds is 3. The molecule has 0 aromatic heterocycles. The van der Waals surface area contributed by atoms with Crippen LogP contribution in [0.25, 0.3) is 0 Å². The number of halogens is 1. The number of carbonyl (C=O) groups is 1. The number of hydrogen-bond acceptors (Lipinski definition) is 2. The van der Waals surface area contributed by atoms with Crippen LogP contribution in [0.4, 0.5) is 0 Å². The Morgan fingerprint density at radius 2 is 1.71 bits per heavy atom. The summed E-state index contributed by atoms with van der Waals surface area (Å²) in [6, 6.07) is 0. The van der Waals surface area contributed by atoms with Crippen molar-refractivity contribution in [1.29, 1.82) is 0 Å². The molecule has 6 heteroatoms. The Bertz CT molecular complexity index is 344. The summed E-state index contributed by atoms with van der Waals surface area (Å²) in [6.07, 6.45) is 2.45. The van der Waals surface area contributed by atoms with Gasteiger partial charge in [0.25, 0.3) is 0 Å². The van der Waals surface area contributed by atoms with E-state index in [2.05, 4.69) is 27.4 Å². The highest BCUT2D eigenvalue weighted by atomic mass is 127. The summed E-state index contributed by atoms with van der Waals surface area (Å²) in [5.74, 6) is 1.85. The van der Waals surface area contributed by atoms with Crippen molar-refractivity contribution >= 4 is 35.8 Å². The monoisotopic (exact) mass is 410 g/mol. The van der Waals surface area contributed by atoms with Crippen molar-refractivity contribution in [1.82, 2.24) is 15.5 Å². The number of nitrogens with one attached hydrogen (secondary N) is 2. The first kappa shape index (κ1) is 20.5. The van der Waals surface area contributed by atoms with Crippen molar-refractivity contribution in [2.24, 2.45) is 16.3 Å². The average Bonchev–Trinajstić information content (AvgIpc) is 2.39. The van der Waals surface area contributed by atoms with Crippen LogP contribution in [-0.2, 0) is 4.79 Å². The van der Waals surface area contributed by atoms with E-state index in [0.717, 1.165) is 25.0 Å². The average molecular weight is 410 g/mol. The first-order valence-electron chi connectivity index (χ1n) is 7.58. The molecule has 5 nitrogen and oxygen atoms in total. The molecule has 1 amide bonds. The molecule has 0 aromatic carbocycles. The van der Waals surface area contributed by atoms with Crippen LogP contribution in [-0.4, -0.2) is 50.0 Å². The van der Waals surface area contributed by atoms with E-state index >= 15 is 0 Å². The Morgan fingerprint density at radius 1 is 1.19 bits per heavy atom. The molecule has 124 valence electrons. The number of amides is 1. The van der Waals surface area contributed by atoms with Crippen LogP contribution in [0.1, 0.15) is 40.5 Å². The van der Waals surface area contributed by atoms with Gasteiger partial charge in [-0.1, -0.05) is 27.7 Å². The first-order valence-corrected chi connectivity index (χ1v) is 7.58. The number of piperidine rings is 1. The lowest BCUT2D eigenvalue weighted by molar-refractivity contribution is -0.128. The third kappa shape index (κ3) is 7.33. The van der Waals surface area contributed by atoms with Crippen molar-refractivity contribution in [2.75, 3.05) is 33.2 Å². The van der Waals surface area contributed by atoms with Crippen LogP contribution < -0.4 is 10.6 Å². The van der Waals surface area contributed by atoms with Gasteiger partial charge in [-0.3, -0.25) is 9.79 Å². The van der Waals surface area contributed by atoms with Gasteiger partial charge in [0.1, 0.15) is 0 Å². The maximum atomic E-state index is 11.7. The van der Waals surface area contributed by atoms with E-state index < -0.39 is 0 Å². The highest BCUT2D eigenvalue weighted by molar-refractivity contribution is 14.0. The van der Waals surface area contributed by atoms with E-state index in [1.54, 1.807) is 0 Å². The molecule has 0 unspecified atom stereocenters. The molecule has 21 heavy (non-hydrogen) atoms. The Morgan fingerprint density at radius 3 is 2.19 bits per heavy atom. The zero-order chi connectivity index (χ0) is 15.2. The highest BCUT2D eigenvalue weighted by Crippen LogP contribution is 2.15. The third-order valence-electron chi connectivity index (χ3n) is 3.67. The molecule has 2 N–H and O–H groups in total. The van der Waals surface area contributed by atoms with Gasteiger partial charge < -0.3 is 15.5 Å². The predicted molar refractivity (Wildman–Crippen MR) is 99.2 cm³/mol. The molecule has 1 aliphatic rings. The smallest absolute Gasteiger partial charge is 0.225 e. The number of aliphatic imine (C=N–C) groups is 1. The largest absolute Gasteiger partial charge is 0.354 e. The second-order valence-electron chi connectivity index (χ2n) is 6.65. The molecule has 1 saturated heterocycles. The minimum absolute atomic E-state index is 0. The zero-order valence-corrected chi connectivity index (χ0v) is 16.4. The summed E-state index contributed by atoms with van der Waals surface area (Å²) in [5, 5.41) is 6.26. The SMILES string of the molecule is CN=C(NCCNC(=O)C(C)(C)C)N1CCC(C)CC1.I. The molecule has 1 rings (SSSR count). The van der Waals surface area contributed by atoms with Crippen LogP contribution >= 0.6 is 24.0 Å². The fourth-order valence-electron chi connectivity index (χ4n) is 2.17. The van der Waals surface area contributed by atoms with Crippen LogP contribution in [0.15, 0.2) is 4.99 Å². The fourth-order valence-corrected chi connectivity index (χ4v) is 2.17. The maximum Gasteiger partial charge on any atom is 0.225 e. The summed E-state index contributed by atoms with van der Waals surface area (Å²) in [4.78, 5) is 18.4. The standard InChI is InChI=1S/C15H30N4O.HI/c1-12-6-10-19(11-7-12)14(16-5)18-9-8-17-13(20)15(2,3)4;/h12H,6-11H2,1-5H3,(H,16,18)(H,17,20);1H. The number of guanidine groups is 1. The van der Waals surface area contributed by atoms with Crippen molar-refractivity contribution in [3.63, 3.8) is 0 Å². The number of carbonyl (C=O) groups excluding carboxylic acids is 1. The molecular formula is C15H31IN4O. The molecule has 0 saturated carbocycles. The van der Waals surface area contributed by atoms with E-state index in [1.165, 1.54) is 12.8 Å². The van der Waals surface area contributed by atoms with E-state index in [1.807, 2.05) is 27.8 Å². The lowest BCUT2D eigenvalue weighted by Gasteiger charge is -2.33. The van der Waals surface area contributed by atoms with Gasteiger partial charge in [0, 0.05) is 38.6 Å². The second-order valence-corrected chi connectivity index (χ2v) is 6.65. The molecular weight excluding hydrogens is 379 g/mol. The highest BCUT2D eigenvalue weighted by Gasteiger charge is 2.21. The quantitative estimate of drug-likeness (QED) is 0.324. The van der Waals surface area contributed by atoms with Gasteiger partial charge >= 0.3 is 0 Å². The second kappa shape index (κ2) is 9.48. The zero-order valence-electron chi connectivity index (χ0n) is 14.0. The molecule has 0 spiro atoms. The van der Waals surface area contributed by atoms with Crippen LogP contribution in [0, 0.1) is 11.3 Å². The van der Waals surface area contributed by atoms with Crippen LogP contribution in [0.5, 0.6) is 0 Å². The lowest BCUT2D eigenvalue weighted by Crippen LogP contribution is -2.47. The Kier molecular flexibility index (Phi) is 9.24. The number of hydrogen-bond donors (Lipinski definition) is 2. The van der Waals surface area contributed by atoms with Gasteiger partial charge in [-0.15, -0.1) is 24.0 Å². The topological polar surface area (TPSA) is 56.7 Å². The van der Waals surface area contributed by atoms with E-state index in [4.69, 9.17) is 0 Å². The summed E-state index contributed by atoms with van der Waals surface area (Å²) >= 11 is 0. The molecule has 0 aromatic rings. The minimum atomic E-state index is -0.329. The van der Waals surface area contributed by atoms with Gasteiger partial charge in [0.15, 0.2) is 5.96 Å². The van der Waals surface area contributed by atoms with Crippen molar-refractivity contribution in [3.05, 3.63) is 0 Å². The Labute approximate surface area is 146 Å². The Balaban J connectivity index is 0.00000400. The van der Waals surface area contributed by atoms with Crippen molar-refractivity contribution in [2.45, 2.75) is 40.5 Å². The third-order valence-corrected chi connectivity index (χ3v) is 3.67. The molecule has 0 radical (unpaired) electrons. The number of nitrogens with zero attached hydrogens (tertiary/aromatic N) is 2. The van der Waals surface area contributed by atoms with Gasteiger partial charge in [0.2, 0.25) is 5.91 Å². The molecule has 1 aliphatic heterocycles. The number of likely N-dealkylation sites (tertiary alicyclic amines) is 1. The van der Waals surface area contributed by atoms with Gasteiger partial charge in [0.05, 0.1) is 0 Å². The maximum absolute atomic E-state index is 11.7. The molecule has 1 fully saturated rings. The molecule has 0 aliphatic carbocycles. The van der Waals surface area contributed by atoms with Gasteiger partial charge in [-0.2, -0.15) is 0 Å². The van der Waals surface area contributed by atoms with E-state index in [0.29, 0.717) is 13.1 Å². The predicted octanol–water partition coefficient (Wildman–Crippen LogP) is 2.07. The van der Waals surface area contributed by atoms with Crippen molar-refractivity contribution in [3.8, 4) is 0 Å². The fraction of sp³-hybridized carbons (Fsp3) is 0.867. The lowest BCUT2D eigenvalue weighted by atomic mass is 9.96. The molecule has 0 atom stereocenters. The summed E-state index contributed by atoms with van der Waals surface area (Å²) in [6.45, 7) is 11.5. The van der Waals surface area contributed by atoms with E-state index in [-0.39, 0.29) is 35.3 Å².